The number of benzene rings is 1. The number of nitrogens with zero attached hydrogens (tertiary/aromatic N) is 2. The quantitative estimate of drug-likeness (QED) is 0.524. The summed E-state index contributed by atoms with van der Waals surface area (Å²) in [5.74, 6) is 1.16. The van der Waals surface area contributed by atoms with Crippen LogP contribution in [0.1, 0.15) is 4.88 Å². The van der Waals surface area contributed by atoms with E-state index in [2.05, 4.69) is 9.97 Å². The number of hydrogen-bond acceptors (Lipinski definition) is 6. The third kappa shape index (κ3) is 3.22. The minimum absolute atomic E-state index is 0.187. The molecule has 7 nitrogen and oxygen atoms in total. The first-order chi connectivity index (χ1) is 14.1. The van der Waals surface area contributed by atoms with E-state index < -0.39 is 10.0 Å². The first-order valence-electron chi connectivity index (χ1n) is 9.00. The number of ether oxygens (including phenoxy) is 2. The van der Waals surface area contributed by atoms with Crippen LogP contribution in [0.15, 0.2) is 65.1 Å². The van der Waals surface area contributed by atoms with E-state index in [1.165, 1.54) is 21.8 Å². The van der Waals surface area contributed by atoms with Gasteiger partial charge in [0.25, 0.3) is 10.0 Å². The number of hydrogen-bond donors (Lipinski definition) is 1. The second kappa shape index (κ2) is 7.09. The van der Waals surface area contributed by atoms with Gasteiger partial charge >= 0.3 is 0 Å². The van der Waals surface area contributed by atoms with Crippen LogP contribution in [0.2, 0.25) is 0 Å². The summed E-state index contributed by atoms with van der Waals surface area (Å²) in [5, 5.41) is 2.49. The van der Waals surface area contributed by atoms with Crippen molar-refractivity contribution in [2.75, 3.05) is 17.5 Å². The lowest BCUT2D eigenvalue weighted by Crippen LogP contribution is -2.30. The molecule has 0 saturated carbocycles. The van der Waals surface area contributed by atoms with Crippen LogP contribution in [0.4, 0.5) is 5.69 Å². The van der Waals surface area contributed by atoms with Gasteiger partial charge in [0.15, 0.2) is 11.5 Å². The number of H-pyrrole nitrogens is 1. The van der Waals surface area contributed by atoms with Gasteiger partial charge in [-0.2, -0.15) is 0 Å². The molecule has 4 heterocycles. The molecule has 1 aromatic carbocycles. The molecule has 1 aliphatic rings. The second-order valence-electron chi connectivity index (χ2n) is 6.47. The van der Waals surface area contributed by atoms with E-state index in [1.807, 2.05) is 17.5 Å². The zero-order valence-electron chi connectivity index (χ0n) is 15.2. The molecule has 5 rings (SSSR count). The van der Waals surface area contributed by atoms with E-state index in [-0.39, 0.29) is 11.4 Å². The largest absolute Gasteiger partial charge is 0.486 e. The third-order valence-electron chi connectivity index (χ3n) is 4.67. The molecule has 0 unspecified atom stereocenters. The van der Waals surface area contributed by atoms with Crippen LogP contribution in [0.3, 0.4) is 0 Å². The van der Waals surface area contributed by atoms with Crippen molar-refractivity contribution in [1.82, 2.24) is 9.97 Å². The normalized spacial score (nSPS) is 13.5. The van der Waals surface area contributed by atoms with E-state index in [0.29, 0.717) is 41.4 Å². The molecular weight excluding hydrogens is 410 g/mol. The number of sulfonamides is 1. The number of thiophene rings is 1. The topological polar surface area (TPSA) is 84.5 Å². The first-order valence-corrected chi connectivity index (χ1v) is 11.3. The molecule has 148 valence electrons. The van der Waals surface area contributed by atoms with E-state index in [4.69, 9.17) is 9.47 Å². The van der Waals surface area contributed by atoms with Crippen molar-refractivity contribution in [1.29, 1.82) is 0 Å². The van der Waals surface area contributed by atoms with Crippen molar-refractivity contribution >= 4 is 38.1 Å². The Labute approximate surface area is 171 Å². The Balaban J connectivity index is 1.64. The molecular formula is C20H17N3O4S2. The third-order valence-corrected chi connectivity index (χ3v) is 7.35. The zero-order chi connectivity index (χ0) is 19.8. The number of anilines is 1. The number of aromatic nitrogens is 2. The number of pyridine rings is 1. The maximum Gasteiger partial charge on any atom is 0.266 e. The molecule has 0 spiro atoms. The van der Waals surface area contributed by atoms with Gasteiger partial charge in [0.2, 0.25) is 0 Å². The molecule has 4 aromatic rings. The van der Waals surface area contributed by atoms with E-state index in [0.717, 1.165) is 4.88 Å². The van der Waals surface area contributed by atoms with E-state index >= 15 is 0 Å². The molecule has 1 N–H and O–H groups in total. The molecule has 0 saturated heterocycles. The second-order valence-corrected chi connectivity index (χ2v) is 9.33. The lowest BCUT2D eigenvalue weighted by atomic mass is 10.2. The van der Waals surface area contributed by atoms with Gasteiger partial charge in [-0.1, -0.05) is 6.07 Å². The van der Waals surface area contributed by atoms with Crippen molar-refractivity contribution in [3.8, 4) is 11.5 Å². The summed E-state index contributed by atoms with van der Waals surface area (Å²) in [4.78, 5) is 8.28. The van der Waals surface area contributed by atoms with Crippen molar-refractivity contribution in [3.05, 3.63) is 65.1 Å². The molecule has 0 aliphatic carbocycles. The molecule has 0 radical (unpaired) electrons. The van der Waals surface area contributed by atoms with Crippen LogP contribution in [0.25, 0.3) is 11.0 Å². The minimum Gasteiger partial charge on any atom is -0.486 e. The van der Waals surface area contributed by atoms with Gasteiger partial charge < -0.3 is 14.5 Å². The van der Waals surface area contributed by atoms with Gasteiger partial charge in [-0.3, -0.25) is 4.31 Å². The maximum absolute atomic E-state index is 13.7. The zero-order valence-corrected chi connectivity index (χ0v) is 16.9. The summed E-state index contributed by atoms with van der Waals surface area (Å²) in [6, 6.07) is 12.5. The molecule has 0 bridgehead atoms. The highest BCUT2D eigenvalue weighted by Gasteiger charge is 2.29. The Kier molecular flexibility index (Phi) is 4.40. The Morgan fingerprint density at radius 2 is 1.97 bits per heavy atom. The first kappa shape index (κ1) is 18.0. The fourth-order valence-corrected chi connectivity index (χ4v) is 5.67. The van der Waals surface area contributed by atoms with Crippen LogP contribution in [-0.2, 0) is 16.6 Å². The van der Waals surface area contributed by atoms with Crippen LogP contribution < -0.4 is 13.8 Å². The number of rotatable bonds is 5. The van der Waals surface area contributed by atoms with Crippen molar-refractivity contribution in [2.24, 2.45) is 0 Å². The summed E-state index contributed by atoms with van der Waals surface area (Å²) in [6.07, 6.45) is 3.12. The predicted molar refractivity (Wildman–Crippen MR) is 111 cm³/mol. The van der Waals surface area contributed by atoms with Crippen LogP contribution in [0, 0.1) is 0 Å². The fourth-order valence-electron chi connectivity index (χ4n) is 3.31. The summed E-state index contributed by atoms with van der Waals surface area (Å²) < 4.78 is 40.1. The van der Waals surface area contributed by atoms with Gasteiger partial charge in [-0.15, -0.1) is 11.3 Å². The smallest absolute Gasteiger partial charge is 0.266 e. The monoisotopic (exact) mass is 427 g/mol. The summed E-state index contributed by atoms with van der Waals surface area (Å²) >= 11 is 1.51. The Morgan fingerprint density at radius 3 is 2.79 bits per heavy atom. The molecule has 29 heavy (non-hydrogen) atoms. The number of fused-ring (bicyclic) bond motifs is 2. The average Bonchev–Trinajstić information content (AvgIpc) is 3.41. The predicted octanol–water partition coefficient (Wildman–Crippen LogP) is 3.79. The lowest BCUT2D eigenvalue weighted by molar-refractivity contribution is 0.171. The molecule has 9 heteroatoms. The van der Waals surface area contributed by atoms with Gasteiger partial charge in [-0.05, 0) is 35.7 Å². The SMILES string of the molecule is O=S(=O)(c1c[nH]c2ncccc12)N(Cc1cccs1)c1ccc2c(c1)OCCO2. The van der Waals surface area contributed by atoms with Crippen LogP contribution in [0.5, 0.6) is 11.5 Å². The highest BCUT2D eigenvalue weighted by Crippen LogP contribution is 2.37. The molecule has 3 aromatic heterocycles. The average molecular weight is 428 g/mol. The Bertz CT molecular complexity index is 1270. The van der Waals surface area contributed by atoms with Crippen molar-refractivity contribution in [3.63, 3.8) is 0 Å². The molecule has 0 atom stereocenters. The highest BCUT2D eigenvalue weighted by molar-refractivity contribution is 7.93. The fraction of sp³-hybridized carbons (Fsp3) is 0.150. The highest BCUT2D eigenvalue weighted by atomic mass is 32.2. The van der Waals surface area contributed by atoms with E-state index in [9.17, 15) is 8.42 Å². The lowest BCUT2D eigenvalue weighted by Gasteiger charge is -2.26. The molecule has 0 fully saturated rings. The van der Waals surface area contributed by atoms with E-state index in [1.54, 1.807) is 36.5 Å². The molecule has 0 amide bonds. The Morgan fingerprint density at radius 1 is 1.10 bits per heavy atom. The number of aromatic amines is 1. The van der Waals surface area contributed by atoms with Gasteiger partial charge in [-0.25, -0.2) is 13.4 Å². The van der Waals surface area contributed by atoms with Gasteiger partial charge in [0.05, 0.1) is 12.2 Å². The minimum atomic E-state index is -3.87. The summed E-state index contributed by atoms with van der Waals surface area (Å²) in [7, 11) is -3.87. The Hall–Kier alpha value is -3.04. The summed E-state index contributed by atoms with van der Waals surface area (Å²) in [6.45, 7) is 1.13. The molecule has 1 aliphatic heterocycles. The van der Waals surface area contributed by atoms with Crippen LogP contribution >= 0.6 is 11.3 Å². The number of nitrogens with one attached hydrogen (secondary N) is 1. The van der Waals surface area contributed by atoms with Gasteiger partial charge in [0.1, 0.15) is 23.8 Å². The summed E-state index contributed by atoms with van der Waals surface area (Å²) in [5.41, 5.74) is 1.05. The van der Waals surface area contributed by atoms with Crippen molar-refractivity contribution in [2.45, 2.75) is 11.4 Å². The van der Waals surface area contributed by atoms with Crippen LogP contribution in [-0.4, -0.2) is 31.6 Å². The standard InChI is InChI=1S/C20H17N3O4S2/c24-29(25,19-12-22-20-16(19)4-1-7-21-20)23(13-15-3-2-10-28-15)14-5-6-17-18(11-14)27-9-8-26-17/h1-7,10-12H,8-9,13H2,(H,21,22). The van der Waals surface area contributed by atoms with Crippen molar-refractivity contribution < 1.29 is 17.9 Å². The maximum atomic E-state index is 13.7. The van der Waals surface area contributed by atoms with Gasteiger partial charge in [0, 0.05) is 28.7 Å².